The Morgan fingerprint density at radius 2 is 1.50 bits per heavy atom. The summed E-state index contributed by atoms with van der Waals surface area (Å²) in [6, 6.07) is 6.19. The Balaban J connectivity index is 2.54. The van der Waals surface area contributed by atoms with E-state index in [-0.39, 0.29) is 17.3 Å². The third-order valence-electron chi connectivity index (χ3n) is 3.08. The zero-order chi connectivity index (χ0) is 18.1. The minimum Gasteiger partial charge on any atom is -0.478 e. The number of carbonyl (C=O) groups is 1. The maximum Gasteiger partial charge on any atom is 0.418 e. The molecule has 0 amide bonds. The monoisotopic (exact) mass is 349 g/mol. The molecule has 0 heterocycles. The van der Waals surface area contributed by atoms with E-state index in [0.29, 0.717) is 12.1 Å². The van der Waals surface area contributed by atoms with Crippen LogP contribution < -0.4 is 5.32 Å². The number of hydrogen-bond donors (Lipinski definition) is 2. The van der Waals surface area contributed by atoms with Crippen molar-refractivity contribution in [2.75, 3.05) is 5.32 Å². The molecule has 0 aliphatic carbocycles. The second-order valence-corrected chi connectivity index (χ2v) is 4.73. The highest BCUT2D eigenvalue weighted by Gasteiger charge is 2.38. The normalized spacial score (nSPS) is 12.1. The fraction of sp³-hybridized carbons (Fsp3) is 0.133. The standard InChI is InChI=1S/C15H9F6NO2/c16-14(17,18)8-5-6-12(10(7-8)15(19,20)21)22-11-4-2-1-3-9(11)13(23)24/h1-7,22H,(H,23,24). The Bertz CT molecular complexity index is 767. The van der Waals surface area contributed by atoms with Crippen LogP contribution in [0.2, 0.25) is 0 Å². The summed E-state index contributed by atoms with van der Waals surface area (Å²) in [6.45, 7) is 0. The number of carboxylic acid groups (broad SMARTS) is 1. The van der Waals surface area contributed by atoms with E-state index in [1.807, 2.05) is 0 Å². The Morgan fingerprint density at radius 3 is 2.04 bits per heavy atom. The summed E-state index contributed by atoms with van der Waals surface area (Å²) in [5.41, 5.74) is -4.16. The lowest BCUT2D eigenvalue weighted by molar-refractivity contribution is -0.142. The highest BCUT2D eigenvalue weighted by Crippen LogP contribution is 2.40. The summed E-state index contributed by atoms with van der Waals surface area (Å²) in [6.07, 6.45) is -9.99. The Kier molecular flexibility index (Phi) is 4.46. The van der Waals surface area contributed by atoms with Crippen molar-refractivity contribution in [2.24, 2.45) is 0 Å². The van der Waals surface area contributed by atoms with E-state index in [1.54, 1.807) is 0 Å². The molecule has 24 heavy (non-hydrogen) atoms. The fourth-order valence-electron chi connectivity index (χ4n) is 1.99. The largest absolute Gasteiger partial charge is 0.478 e. The van der Waals surface area contributed by atoms with Crippen molar-refractivity contribution >= 4 is 17.3 Å². The molecule has 0 bridgehead atoms. The van der Waals surface area contributed by atoms with Crippen molar-refractivity contribution in [3.05, 3.63) is 59.2 Å². The van der Waals surface area contributed by atoms with Gasteiger partial charge >= 0.3 is 18.3 Å². The van der Waals surface area contributed by atoms with Crippen molar-refractivity contribution < 1.29 is 36.2 Å². The van der Waals surface area contributed by atoms with Crippen LogP contribution >= 0.6 is 0 Å². The van der Waals surface area contributed by atoms with Crippen molar-refractivity contribution in [3.8, 4) is 0 Å². The minimum absolute atomic E-state index is 0.0221. The molecule has 0 aliphatic rings. The summed E-state index contributed by atoms with van der Waals surface area (Å²) in [4.78, 5) is 11.1. The fourth-order valence-corrected chi connectivity index (χ4v) is 1.99. The highest BCUT2D eigenvalue weighted by atomic mass is 19.4. The lowest BCUT2D eigenvalue weighted by Crippen LogP contribution is -2.13. The number of halogens is 6. The molecule has 0 saturated carbocycles. The maximum atomic E-state index is 13.1. The average molecular weight is 349 g/mol. The van der Waals surface area contributed by atoms with E-state index in [0.717, 1.165) is 6.07 Å². The molecule has 2 aromatic carbocycles. The smallest absolute Gasteiger partial charge is 0.418 e. The first kappa shape index (κ1) is 17.6. The molecular weight excluding hydrogens is 340 g/mol. The lowest BCUT2D eigenvalue weighted by atomic mass is 10.1. The van der Waals surface area contributed by atoms with Crippen molar-refractivity contribution in [2.45, 2.75) is 12.4 Å². The van der Waals surface area contributed by atoms with E-state index in [2.05, 4.69) is 5.32 Å². The Labute approximate surface area is 131 Å². The second-order valence-electron chi connectivity index (χ2n) is 4.73. The van der Waals surface area contributed by atoms with E-state index in [4.69, 9.17) is 5.11 Å². The molecule has 3 nitrogen and oxygen atoms in total. The molecule has 0 spiro atoms. The number of aromatic carboxylic acids is 1. The number of nitrogens with one attached hydrogen (secondary N) is 1. The van der Waals surface area contributed by atoms with Gasteiger partial charge in [0.05, 0.1) is 28.1 Å². The Hall–Kier alpha value is -2.71. The van der Waals surface area contributed by atoms with E-state index in [9.17, 15) is 31.1 Å². The van der Waals surface area contributed by atoms with Gasteiger partial charge in [-0.1, -0.05) is 12.1 Å². The molecule has 0 radical (unpaired) electrons. The first-order valence-corrected chi connectivity index (χ1v) is 6.38. The lowest BCUT2D eigenvalue weighted by Gasteiger charge is -2.18. The Morgan fingerprint density at radius 1 is 0.875 bits per heavy atom. The number of hydrogen-bond acceptors (Lipinski definition) is 2. The van der Waals surface area contributed by atoms with Crippen molar-refractivity contribution in [1.82, 2.24) is 0 Å². The molecule has 2 rings (SSSR count). The quantitative estimate of drug-likeness (QED) is 0.752. The van der Waals surface area contributed by atoms with Crippen LogP contribution in [-0.4, -0.2) is 11.1 Å². The van der Waals surface area contributed by atoms with E-state index < -0.39 is 35.1 Å². The molecule has 0 aromatic heterocycles. The summed E-state index contributed by atoms with van der Waals surface area (Å²) in [7, 11) is 0. The molecule has 2 N–H and O–H groups in total. The first-order chi connectivity index (χ1) is 11.0. The second kappa shape index (κ2) is 6.06. The van der Waals surface area contributed by atoms with Gasteiger partial charge in [0.2, 0.25) is 0 Å². The zero-order valence-electron chi connectivity index (χ0n) is 11.7. The van der Waals surface area contributed by atoms with Gasteiger partial charge in [0, 0.05) is 0 Å². The number of alkyl halides is 6. The maximum absolute atomic E-state index is 13.1. The van der Waals surface area contributed by atoms with Gasteiger partial charge in [-0.05, 0) is 30.3 Å². The molecule has 0 atom stereocenters. The predicted octanol–water partition coefficient (Wildman–Crippen LogP) is 5.17. The number of anilines is 2. The van der Waals surface area contributed by atoms with Gasteiger partial charge in [-0.15, -0.1) is 0 Å². The number of para-hydroxylation sites is 1. The molecular formula is C15H9F6NO2. The zero-order valence-corrected chi connectivity index (χ0v) is 11.7. The predicted molar refractivity (Wildman–Crippen MR) is 73.1 cm³/mol. The van der Waals surface area contributed by atoms with Crippen LogP contribution in [-0.2, 0) is 12.4 Å². The van der Waals surface area contributed by atoms with Gasteiger partial charge in [0.25, 0.3) is 0 Å². The van der Waals surface area contributed by atoms with Crippen LogP contribution in [0.15, 0.2) is 42.5 Å². The van der Waals surface area contributed by atoms with Crippen molar-refractivity contribution in [3.63, 3.8) is 0 Å². The molecule has 0 fully saturated rings. The van der Waals surface area contributed by atoms with E-state index in [1.165, 1.54) is 18.2 Å². The van der Waals surface area contributed by atoms with Gasteiger partial charge in [0.15, 0.2) is 0 Å². The van der Waals surface area contributed by atoms with Gasteiger partial charge in [-0.2, -0.15) is 26.3 Å². The SMILES string of the molecule is O=C(O)c1ccccc1Nc1ccc(C(F)(F)F)cc1C(F)(F)F. The average Bonchev–Trinajstić information content (AvgIpc) is 2.45. The molecule has 128 valence electrons. The van der Waals surface area contributed by atoms with Gasteiger partial charge in [-0.25, -0.2) is 4.79 Å². The van der Waals surface area contributed by atoms with Gasteiger partial charge in [-0.3, -0.25) is 0 Å². The summed E-state index contributed by atoms with van der Waals surface area (Å²) < 4.78 is 77.0. The molecule has 0 saturated heterocycles. The summed E-state index contributed by atoms with van der Waals surface area (Å²) in [5, 5.41) is 11.3. The van der Waals surface area contributed by atoms with Crippen molar-refractivity contribution in [1.29, 1.82) is 0 Å². The van der Waals surface area contributed by atoms with Crippen LogP contribution in [0.3, 0.4) is 0 Å². The van der Waals surface area contributed by atoms with Crippen LogP contribution in [0.25, 0.3) is 0 Å². The molecule has 0 aliphatic heterocycles. The third-order valence-corrected chi connectivity index (χ3v) is 3.08. The highest BCUT2D eigenvalue weighted by molar-refractivity contribution is 5.95. The summed E-state index contributed by atoms with van der Waals surface area (Å²) in [5.74, 6) is -1.39. The van der Waals surface area contributed by atoms with Crippen LogP contribution in [0.5, 0.6) is 0 Å². The first-order valence-electron chi connectivity index (χ1n) is 6.38. The van der Waals surface area contributed by atoms with Crippen LogP contribution in [0, 0.1) is 0 Å². The van der Waals surface area contributed by atoms with Crippen LogP contribution in [0.4, 0.5) is 37.7 Å². The van der Waals surface area contributed by atoms with Gasteiger partial charge in [0.1, 0.15) is 0 Å². The molecule has 2 aromatic rings. The van der Waals surface area contributed by atoms with E-state index >= 15 is 0 Å². The number of rotatable bonds is 3. The number of carboxylic acids is 1. The molecule has 0 unspecified atom stereocenters. The van der Waals surface area contributed by atoms with Gasteiger partial charge < -0.3 is 10.4 Å². The minimum atomic E-state index is -5.05. The van der Waals surface area contributed by atoms with Crippen LogP contribution in [0.1, 0.15) is 21.5 Å². The number of benzene rings is 2. The third kappa shape index (κ3) is 3.79. The summed E-state index contributed by atoms with van der Waals surface area (Å²) >= 11 is 0. The topological polar surface area (TPSA) is 49.3 Å². The molecule has 9 heteroatoms.